The van der Waals surface area contributed by atoms with Crippen LogP contribution in [0.5, 0.6) is 5.75 Å². The lowest BCUT2D eigenvalue weighted by atomic mass is 10.2. The number of hydrogen-bond acceptors (Lipinski definition) is 5. The van der Waals surface area contributed by atoms with Gasteiger partial charge < -0.3 is 15.8 Å². The summed E-state index contributed by atoms with van der Waals surface area (Å²) in [7, 11) is 0. The molecular formula is C15H17ClN4O2. The number of nitrogens with two attached hydrogens (primary N) is 1. The Bertz CT molecular complexity index is 634. The standard InChI is InChI=1S/C15H17ClN4O2/c1-9-5-12(16)3-4-13(9)22-8-14(21)19-7-11-6-18-10(2)20-15(11)17/h3-6H,7-8H2,1-2H3,(H,19,21)(H2,17,18,20). The third kappa shape index (κ3) is 4.33. The predicted molar refractivity (Wildman–Crippen MR) is 84.7 cm³/mol. The summed E-state index contributed by atoms with van der Waals surface area (Å²) in [5, 5.41) is 3.34. The number of halogens is 1. The summed E-state index contributed by atoms with van der Waals surface area (Å²) >= 11 is 5.86. The highest BCUT2D eigenvalue weighted by Gasteiger charge is 2.07. The lowest BCUT2D eigenvalue weighted by Crippen LogP contribution is -2.29. The maximum Gasteiger partial charge on any atom is 0.258 e. The molecule has 3 N–H and O–H groups in total. The van der Waals surface area contributed by atoms with Crippen molar-refractivity contribution in [3.05, 3.63) is 46.4 Å². The Kier molecular flexibility index (Phi) is 5.16. The van der Waals surface area contributed by atoms with Gasteiger partial charge in [-0.05, 0) is 37.6 Å². The van der Waals surface area contributed by atoms with E-state index in [0.717, 1.165) is 5.56 Å². The van der Waals surface area contributed by atoms with Crippen LogP contribution in [0.3, 0.4) is 0 Å². The van der Waals surface area contributed by atoms with Gasteiger partial charge in [-0.15, -0.1) is 0 Å². The Morgan fingerprint density at radius 3 is 2.86 bits per heavy atom. The topological polar surface area (TPSA) is 90.1 Å². The Labute approximate surface area is 133 Å². The number of rotatable bonds is 5. The molecule has 0 unspecified atom stereocenters. The Morgan fingerprint density at radius 1 is 1.41 bits per heavy atom. The van der Waals surface area contributed by atoms with E-state index in [2.05, 4.69) is 15.3 Å². The van der Waals surface area contributed by atoms with E-state index in [4.69, 9.17) is 22.1 Å². The number of aryl methyl sites for hydroxylation is 2. The van der Waals surface area contributed by atoms with Gasteiger partial charge in [-0.2, -0.15) is 0 Å². The summed E-state index contributed by atoms with van der Waals surface area (Å²) in [4.78, 5) is 19.9. The summed E-state index contributed by atoms with van der Waals surface area (Å²) < 4.78 is 5.46. The fourth-order valence-electron chi connectivity index (χ4n) is 1.81. The van der Waals surface area contributed by atoms with Crippen molar-refractivity contribution in [2.75, 3.05) is 12.3 Å². The average Bonchev–Trinajstić information content (AvgIpc) is 2.45. The number of carbonyl (C=O) groups excluding carboxylic acids is 1. The smallest absolute Gasteiger partial charge is 0.258 e. The molecule has 6 nitrogen and oxygen atoms in total. The zero-order valence-corrected chi connectivity index (χ0v) is 13.1. The van der Waals surface area contributed by atoms with Gasteiger partial charge in [-0.3, -0.25) is 4.79 Å². The van der Waals surface area contributed by atoms with Crippen LogP contribution in [0.4, 0.5) is 5.82 Å². The van der Waals surface area contributed by atoms with Gasteiger partial charge in [0.15, 0.2) is 6.61 Å². The first-order chi connectivity index (χ1) is 10.5. The van der Waals surface area contributed by atoms with Gasteiger partial charge in [-0.1, -0.05) is 11.6 Å². The molecule has 0 aliphatic rings. The first-order valence-electron chi connectivity index (χ1n) is 6.69. The molecule has 0 fully saturated rings. The minimum absolute atomic E-state index is 0.0882. The minimum atomic E-state index is -0.255. The normalized spacial score (nSPS) is 10.3. The second kappa shape index (κ2) is 7.09. The third-order valence-corrected chi connectivity index (χ3v) is 3.23. The monoisotopic (exact) mass is 320 g/mol. The maximum absolute atomic E-state index is 11.8. The van der Waals surface area contributed by atoms with E-state index in [1.165, 1.54) is 0 Å². The van der Waals surface area contributed by atoms with Gasteiger partial charge in [0.25, 0.3) is 5.91 Å². The van der Waals surface area contributed by atoms with Gasteiger partial charge in [0, 0.05) is 23.3 Å². The van der Waals surface area contributed by atoms with Crippen LogP contribution in [0.25, 0.3) is 0 Å². The van der Waals surface area contributed by atoms with Crippen molar-refractivity contribution in [3.8, 4) is 5.75 Å². The Morgan fingerprint density at radius 2 is 2.18 bits per heavy atom. The van der Waals surface area contributed by atoms with E-state index in [1.807, 2.05) is 6.92 Å². The van der Waals surface area contributed by atoms with Crippen LogP contribution in [-0.4, -0.2) is 22.5 Å². The summed E-state index contributed by atoms with van der Waals surface area (Å²) in [6.45, 7) is 3.79. The molecule has 7 heteroatoms. The molecule has 1 aromatic heterocycles. The van der Waals surface area contributed by atoms with Crippen molar-refractivity contribution >= 4 is 23.3 Å². The van der Waals surface area contributed by atoms with Gasteiger partial charge in [-0.25, -0.2) is 9.97 Å². The largest absolute Gasteiger partial charge is 0.484 e. The molecule has 1 aromatic carbocycles. The van der Waals surface area contributed by atoms with Crippen LogP contribution in [-0.2, 0) is 11.3 Å². The lowest BCUT2D eigenvalue weighted by molar-refractivity contribution is -0.123. The first kappa shape index (κ1) is 16.0. The number of hydrogen-bond donors (Lipinski definition) is 2. The summed E-state index contributed by atoms with van der Waals surface area (Å²) in [5.74, 6) is 1.32. The molecule has 0 bridgehead atoms. The van der Waals surface area contributed by atoms with Crippen LogP contribution >= 0.6 is 11.6 Å². The molecule has 1 amide bonds. The fraction of sp³-hybridized carbons (Fsp3) is 0.267. The van der Waals surface area contributed by atoms with Crippen molar-refractivity contribution in [3.63, 3.8) is 0 Å². The lowest BCUT2D eigenvalue weighted by Gasteiger charge is -2.10. The molecule has 116 valence electrons. The highest BCUT2D eigenvalue weighted by molar-refractivity contribution is 6.30. The molecule has 0 aliphatic heterocycles. The molecule has 0 radical (unpaired) electrons. The quantitative estimate of drug-likeness (QED) is 0.879. The van der Waals surface area contributed by atoms with Crippen molar-refractivity contribution in [1.82, 2.24) is 15.3 Å². The molecule has 2 rings (SSSR count). The zero-order chi connectivity index (χ0) is 16.1. The highest BCUT2D eigenvalue weighted by Crippen LogP contribution is 2.21. The number of nitrogen functional groups attached to an aromatic ring is 1. The van der Waals surface area contributed by atoms with Crippen LogP contribution < -0.4 is 15.8 Å². The molecule has 0 atom stereocenters. The van der Waals surface area contributed by atoms with E-state index < -0.39 is 0 Å². The van der Waals surface area contributed by atoms with Gasteiger partial charge in [0.05, 0.1) is 0 Å². The van der Waals surface area contributed by atoms with Crippen LogP contribution in [0.1, 0.15) is 17.0 Å². The summed E-state index contributed by atoms with van der Waals surface area (Å²) in [5.41, 5.74) is 7.30. The summed E-state index contributed by atoms with van der Waals surface area (Å²) in [6, 6.07) is 5.22. The van der Waals surface area contributed by atoms with Gasteiger partial charge in [0.1, 0.15) is 17.4 Å². The molecule has 0 saturated heterocycles. The number of aromatic nitrogens is 2. The SMILES string of the molecule is Cc1ncc(CNC(=O)COc2ccc(Cl)cc2C)c(N)n1. The highest BCUT2D eigenvalue weighted by atomic mass is 35.5. The molecular weight excluding hydrogens is 304 g/mol. The molecule has 2 aromatic rings. The van der Waals surface area contributed by atoms with Crippen LogP contribution in [0, 0.1) is 13.8 Å². The minimum Gasteiger partial charge on any atom is -0.484 e. The molecule has 1 heterocycles. The van der Waals surface area contributed by atoms with E-state index in [0.29, 0.717) is 28.0 Å². The number of amides is 1. The second-order valence-electron chi connectivity index (χ2n) is 4.80. The predicted octanol–water partition coefficient (Wildman–Crippen LogP) is 2.02. The van der Waals surface area contributed by atoms with E-state index in [-0.39, 0.29) is 19.1 Å². The number of ether oxygens (including phenoxy) is 1. The second-order valence-corrected chi connectivity index (χ2v) is 5.24. The van der Waals surface area contributed by atoms with Crippen molar-refractivity contribution in [2.45, 2.75) is 20.4 Å². The number of benzene rings is 1. The number of nitrogens with one attached hydrogen (secondary N) is 1. The van der Waals surface area contributed by atoms with Crippen LogP contribution in [0.2, 0.25) is 5.02 Å². The zero-order valence-electron chi connectivity index (χ0n) is 12.4. The number of nitrogens with zero attached hydrogens (tertiary/aromatic N) is 2. The van der Waals surface area contributed by atoms with E-state index in [1.54, 1.807) is 31.3 Å². The third-order valence-electron chi connectivity index (χ3n) is 2.99. The van der Waals surface area contributed by atoms with Gasteiger partial charge >= 0.3 is 0 Å². The first-order valence-corrected chi connectivity index (χ1v) is 7.07. The maximum atomic E-state index is 11.8. The van der Waals surface area contributed by atoms with Crippen molar-refractivity contribution < 1.29 is 9.53 Å². The van der Waals surface area contributed by atoms with Gasteiger partial charge in [0.2, 0.25) is 0 Å². The van der Waals surface area contributed by atoms with Crippen molar-refractivity contribution in [2.24, 2.45) is 0 Å². The van der Waals surface area contributed by atoms with Crippen molar-refractivity contribution in [1.29, 1.82) is 0 Å². The molecule has 0 spiro atoms. The fourth-order valence-corrected chi connectivity index (χ4v) is 2.04. The molecule has 0 saturated carbocycles. The number of carbonyl (C=O) groups is 1. The summed E-state index contributed by atoms with van der Waals surface area (Å²) in [6.07, 6.45) is 1.60. The average molecular weight is 321 g/mol. The number of anilines is 1. The Hall–Kier alpha value is -2.34. The van der Waals surface area contributed by atoms with E-state index in [9.17, 15) is 4.79 Å². The molecule has 22 heavy (non-hydrogen) atoms. The Balaban J connectivity index is 1.85. The van der Waals surface area contributed by atoms with E-state index >= 15 is 0 Å². The molecule has 0 aliphatic carbocycles. The van der Waals surface area contributed by atoms with Crippen LogP contribution in [0.15, 0.2) is 24.4 Å².